The van der Waals surface area contributed by atoms with E-state index in [1.165, 1.54) is 72.0 Å². The van der Waals surface area contributed by atoms with E-state index in [0.717, 1.165) is 117 Å². The molecule has 16 rings (SSSR count). The number of aromatic nitrogens is 1. The van der Waals surface area contributed by atoms with Crippen LogP contribution in [-0.2, 0) is 54.1 Å². The quantitative estimate of drug-likeness (QED) is 0.133. The standard InChI is InChI=1S/C118H132BN3/c1-109(2,3)79-51-45-74(46-52-79)87-39-34-41-90(89-58-55-83(113(13,14)15)70-96(89)118(28,29)30)107(87)121-101-65-76(73-37-32-31-33-38-73)49-59-97(101)119-98-60-50-77(78-63-84(114(16,17)18)67-85(64-78)115(19,20)21)66-102(98)122(104-72-86(71-103(121)106(104)119)120-99-61-56-81(111(7,8)9)68-92(99)93-69-82(112(10,11)12)57-62-100(93)120)108-88(75-47-53-80(54-48-75)110(4,5)6)40-35-42-91(108)105-94(116(22,23)24)43-36-44-95(105)117(25,26)27/h31-72H,1-30H3/i31D,32D,33D,37D,38D. The Kier molecular flexibility index (Phi) is 19.0. The Morgan fingerprint density at radius 2 is 0.607 bits per heavy atom. The molecule has 0 saturated carbocycles. The maximum atomic E-state index is 9.97. The fraction of sp³-hybridized carbons (Fsp3) is 0.339. The second-order valence-electron chi connectivity index (χ2n) is 45.7. The van der Waals surface area contributed by atoms with Gasteiger partial charge in [-0.15, -0.1) is 0 Å². The van der Waals surface area contributed by atoms with Crippen molar-refractivity contribution < 1.29 is 6.85 Å². The predicted octanol–water partition coefficient (Wildman–Crippen LogP) is 31.8. The largest absolute Gasteiger partial charge is 0.310 e. The van der Waals surface area contributed by atoms with Crippen molar-refractivity contribution in [2.45, 2.75) is 262 Å². The highest BCUT2D eigenvalue weighted by Gasteiger charge is 2.47. The fourth-order valence-electron chi connectivity index (χ4n) is 18.9. The molecule has 13 aromatic carbocycles. The van der Waals surface area contributed by atoms with Crippen molar-refractivity contribution in [2.75, 3.05) is 9.80 Å². The molecule has 0 fully saturated rings. The molecule has 4 heteroatoms. The molecule has 122 heavy (non-hydrogen) atoms. The van der Waals surface area contributed by atoms with E-state index in [-0.39, 0.29) is 83.9 Å². The highest BCUT2D eigenvalue weighted by Crippen LogP contribution is 2.58. The third-order valence-corrected chi connectivity index (χ3v) is 26.2. The molecule has 3 heterocycles. The van der Waals surface area contributed by atoms with Crippen LogP contribution in [0.1, 0.15) is 270 Å². The summed E-state index contributed by atoms with van der Waals surface area (Å²) in [4.78, 5) is 5.32. The summed E-state index contributed by atoms with van der Waals surface area (Å²) in [6, 6.07) is 85.9. The number of hydrogen-bond donors (Lipinski definition) is 0. The van der Waals surface area contributed by atoms with Gasteiger partial charge in [0.2, 0.25) is 0 Å². The summed E-state index contributed by atoms with van der Waals surface area (Å²) < 4.78 is 50.4. The van der Waals surface area contributed by atoms with E-state index in [1.54, 1.807) is 0 Å². The molecule has 2 aliphatic heterocycles. The smallest absolute Gasteiger partial charge is 0.252 e. The van der Waals surface area contributed by atoms with Gasteiger partial charge in [-0.2, -0.15) is 0 Å². The molecule has 14 aromatic rings. The first-order valence-corrected chi connectivity index (χ1v) is 44.6. The van der Waals surface area contributed by atoms with Crippen molar-refractivity contribution in [3.8, 4) is 72.4 Å². The van der Waals surface area contributed by atoms with E-state index < -0.39 is 12.8 Å². The van der Waals surface area contributed by atoms with Crippen LogP contribution in [0.2, 0.25) is 0 Å². The average Bonchev–Trinajstić information content (AvgIpc) is 1.31. The second kappa shape index (κ2) is 29.5. The van der Waals surface area contributed by atoms with Crippen molar-refractivity contribution in [3.05, 3.63) is 310 Å². The van der Waals surface area contributed by atoms with Crippen LogP contribution in [0, 0.1) is 0 Å². The maximum absolute atomic E-state index is 9.97. The van der Waals surface area contributed by atoms with E-state index in [4.69, 9.17) is 1.37 Å². The Balaban J connectivity index is 1.20. The topological polar surface area (TPSA) is 11.4 Å². The molecule has 0 atom stereocenters. The summed E-state index contributed by atoms with van der Waals surface area (Å²) in [6.07, 6.45) is 0. The molecule has 0 N–H and O–H groups in total. The van der Waals surface area contributed by atoms with Crippen molar-refractivity contribution in [2.24, 2.45) is 0 Å². The van der Waals surface area contributed by atoms with Crippen LogP contribution in [0.25, 0.3) is 94.3 Å². The Morgan fingerprint density at radius 1 is 0.246 bits per heavy atom. The van der Waals surface area contributed by atoms with Crippen molar-refractivity contribution >= 4 is 79.0 Å². The van der Waals surface area contributed by atoms with Crippen LogP contribution in [0.3, 0.4) is 0 Å². The first-order chi connectivity index (χ1) is 58.9. The van der Waals surface area contributed by atoms with Crippen LogP contribution in [0.5, 0.6) is 0 Å². The maximum Gasteiger partial charge on any atom is 0.252 e. The van der Waals surface area contributed by atoms with Gasteiger partial charge in [0.05, 0.1) is 34.9 Å². The number of fused-ring (bicyclic) bond motifs is 7. The monoisotopic (exact) mass is 1610 g/mol. The lowest BCUT2D eigenvalue weighted by Gasteiger charge is -2.46. The van der Waals surface area contributed by atoms with Crippen molar-refractivity contribution in [3.63, 3.8) is 0 Å². The predicted molar refractivity (Wildman–Crippen MR) is 534 cm³/mol. The van der Waals surface area contributed by atoms with Crippen LogP contribution < -0.4 is 26.2 Å². The van der Waals surface area contributed by atoms with E-state index in [9.17, 15) is 5.48 Å². The minimum atomic E-state index is -0.501. The van der Waals surface area contributed by atoms with Gasteiger partial charge in [0.1, 0.15) is 0 Å². The van der Waals surface area contributed by atoms with Crippen LogP contribution in [0.15, 0.2) is 255 Å². The number of rotatable bonds is 9. The molecule has 0 radical (unpaired) electrons. The van der Waals surface area contributed by atoms with E-state index in [2.05, 4.69) is 440 Å². The SMILES string of the molecule is [2H]c1c([2H])c([2H])c(-c2ccc3c(c2)N(c2c(-c4ccc(C(C)(C)C)cc4)cccc2-c2ccc(C(C)(C)C)cc2C(C)(C)C)c2cc(-n4c5ccc(C(C)(C)C)cc5c5cc(C(C)(C)C)ccc54)cc4c2B3c2ccc(-c3cc(C(C)(C)C)cc(C(C)(C)C)c3)cc2N4c2c(-c3ccc(C(C)(C)C)cc3)cccc2-c2c(C(C)(C)C)cccc2C(C)(C)C)c([2H])c1[2H]. The summed E-state index contributed by atoms with van der Waals surface area (Å²) in [5.74, 6) is 0. The molecule has 2 aliphatic rings. The lowest BCUT2D eigenvalue weighted by Crippen LogP contribution is -2.61. The zero-order chi connectivity index (χ0) is 92.1. The van der Waals surface area contributed by atoms with Gasteiger partial charge >= 0.3 is 0 Å². The Bertz CT molecular complexity index is 6610. The first-order valence-electron chi connectivity index (χ1n) is 47.1. The molecule has 0 saturated heterocycles. The van der Waals surface area contributed by atoms with Gasteiger partial charge in [-0.1, -0.05) is 414 Å². The molecular weight excluding hydrogens is 1470 g/mol. The summed E-state index contributed by atoms with van der Waals surface area (Å²) in [5, 5.41) is 2.34. The molecule has 0 bridgehead atoms. The Morgan fingerprint density at radius 3 is 1.02 bits per heavy atom. The van der Waals surface area contributed by atoms with Crippen LogP contribution in [-0.4, -0.2) is 11.3 Å². The lowest BCUT2D eigenvalue weighted by atomic mass is 9.33. The molecule has 0 aliphatic carbocycles. The van der Waals surface area contributed by atoms with Gasteiger partial charge in [-0.25, -0.2) is 0 Å². The van der Waals surface area contributed by atoms with Gasteiger partial charge < -0.3 is 14.4 Å². The first kappa shape index (κ1) is 78.6. The summed E-state index contributed by atoms with van der Waals surface area (Å²) in [6.45, 7) is 69.4. The number of hydrogen-bond acceptors (Lipinski definition) is 2. The molecule has 0 unspecified atom stereocenters. The minimum absolute atomic E-state index is 0.129. The van der Waals surface area contributed by atoms with E-state index in [1.807, 2.05) is 6.07 Å². The average molecular weight is 1610 g/mol. The van der Waals surface area contributed by atoms with Crippen LogP contribution >= 0.6 is 0 Å². The van der Waals surface area contributed by atoms with Crippen LogP contribution in [0.4, 0.5) is 34.1 Å². The molecule has 622 valence electrons. The van der Waals surface area contributed by atoms with E-state index in [0.29, 0.717) is 5.56 Å². The molecular formula is C118H132BN3. The number of para-hydroxylation sites is 2. The number of benzene rings is 13. The Hall–Kier alpha value is -10.7. The number of nitrogens with zero attached hydrogens (tertiary/aromatic N) is 3. The van der Waals surface area contributed by atoms with Gasteiger partial charge in [-0.05, 0) is 219 Å². The van der Waals surface area contributed by atoms with Crippen molar-refractivity contribution in [1.29, 1.82) is 0 Å². The fourth-order valence-corrected chi connectivity index (χ4v) is 18.9. The normalized spacial score (nSPS) is 14.3. The highest BCUT2D eigenvalue weighted by atomic mass is 15.2. The van der Waals surface area contributed by atoms with Gasteiger partial charge in [0, 0.05) is 55.8 Å². The molecule has 0 spiro atoms. The third kappa shape index (κ3) is 15.4. The second-order valence-corrected chi connectivity index (χ2v) is 45.7. The third-order valence-electron chi connectivity index (χ3n) is 26.2. The number of anilines is 6. The van der Waals surface area contributed by atoms with E-state index >= 15 is 0 Å². The molecule has 1 aromatic heterocycles. The summed E-state index contributed by atoms with van der Waals surface area (Å²) in [5.41, 5.74) is 33.8. The Labute approximate surface area is 740 Å². The van der Waals surface area contributed by atoms with Crippen molar-refractivity contribution in [1.82, 2.24) is 4.57 Å². The summed E-state index contributed by atoms with van der Waals surface area (Å²) >= 11 is 0. The van der Waals surface area contributed by atoms with Gasteiger partial charge in [0.15, 0.2) is 0 Å². The minimum Gasteiger partial charge on any atom is -0.310 e. The zero-order valence-electron chi connectivity index (χ0n) is 83.8. The highest BCUT2D eigenvalue weighted by molar-refractivity contribution is 7.00. The summed E-state index contributed by atoms with van der Waals surface area (Å²) in [7, 11) is 0. The molecule has 3 nitrogen and oxygen atoms in total. The van der Waals surface area contributed by atoms with Gasteiger partial charge in [-0.3, -0.25) is 0 Å². The zero-order valence-corrected chi connectivity index (χ0v) is 78.8. The van der Waals surface area contributed by atoms with Gasteiger partial charge in [0.25, 0.3) is 6.71 Å². The molecule has 0 amide bonds. The lowest BCUT2D eigenvalue weighted by molar-refractivity contribution is 0.568.